The Kier molecular flexibility index (Phi) is 6.04. The Bertz CT molecular complexity index is 1100. The molecule has 2 aliphatic rings. The van der Waals surface area contributed by atoms with Crippen molar-refractivity contribution in [3.05, 3.63) is 78.4 Å². The smallest absolute Gasteiger partial charge is 0.248 e. The lowest BCUT2D eigenvalue weighted by Gasteiger charge is -2.20. The van der Waals surface area contributed by atoms with Crippen molar-refractivity contribution in [1.29, 1.82) is 0 Å². The Labute approximate surface area is 177 Å². The zero-order valence-corrected chi connectivity index (χ0v) is 17.1. The minimum atomic E-state index is -0.442. The molecule has 1 unspecified atom stereocenters. The van der Waals surface area contributed by atoms with E-state index in [0.29, 0.717) is 29.0 Å². The lowest BCUT2D eigenvalue weighted by atomic mass is 10.2. The van der Waals surface area contributed by atoms with Crippen LogP contribution in [-0.4, -0.2) is 25.4 Å². The first-order valence-electron chi connectivity index (χ1n) is 9.58. The second-order valence-electron chi connectivity index (χ2n) is 6.67. The maximum Gasteiger partial charge on any atom is 0.248 e. The number of pyridine rings is 2. The SMILES string of the molecule is CCC(C(=O)Nc1ccccn1)n1cccc2nc(SCc3ccc(F)cc3)nc1-2. The number of carbonyl (C=O) groups is 1. The fraction of sp³-hybridized carbons (Fsp3) is 0.182. The molecular weight excluding hydrogens is 401 g/mol. The van der Waals surface area contributed by atoms with Gasteiger partial charge in [0.2, 0.25) is 5.91 Å². The highest BCUT2D eigenvalue weighted by Gasteiger charge is 2.24. The standard InChI is InChI=1S/C22H20FN5OS/c1-2-18(21(29)26-19-7-3-4-12-24-19)28-13-5-6-17-20(28)27-22(25-17)30-14-15-8-10-16(23)11-9-15/h3-13,18H,2,14H2,1H3,(H,24,26,29). The van der Waals surface area contributed by atoms with E-state index in [1.165, 1.54) is 23.9 Å². The average Bonchev–Trinajstić information content (AvgIpc) is 3.18. The zero-order chi connectivity index (χ0) is 20.9. The van der Waals surface area contributed by atoms with Gasteiger partial charge in [0.25, 0.3) is 0 Å². The summed E-state index contributed by atoms with van der Waals surface area (Å²) in [6.45, 7) is 1.95. The van der Waals surface area contributed by atoms with E-state index in [1.54, 1.807) is 30.5 Å². The Morgan fingerprint density at radius 2 is 1.97 bits per heavy atom. The molecule has 1 aromatic carbocycles. The van der Waals surface area contributed by atoms with Crippen molar-refractivity contribution >= 4 is 23.5 Å². The number of nitrogens with zero attached hydrogens (tertiary/aromatic N) is 4. The van der Waals surface area contributed by atoms with Gasteiger partial charge >= 0.3 is 0 Å². The van der Waals surface area contributed by atoms with Crippen molar-refractivity contribution in [2.24, 2.45) is 0 Å². The number of halogens is 1. The van der Waals surface area contributed by atoms with E-state index in [9.17, 15) is 9.18 Å². The molecule has 0 saturated carbocycles. The van der Waals surface area contributed by atoms with Gasteiger partial charge in [-0.05, 0) is 48.4 Å². The molecule has 0 saturated heterocycles. The molecule has 1 amide bonds. The highest BCUT2D eigenvalue weighted by Crippen LogP contribution is 2.29. The van der Waals surface area contributed by atoms with Gasteiger partial charge in [0.05, 0.1) is 0 Å². The molecule has 1 aromatic heterocycles. The van der Waals surface area contributed by atoms with Gasteiger partial charge in [0.15, 0.2) is 11.0 Å². The van der Waals surface area contributed by atoms with Gasteiger partial charge in [-0.1, -0.05) is 36.9 Å². The maximum atomic E-state index is 13.1. The minimum absolute atomic E-state index is 0.155. The molecule has 4 rings (SSSR count). The number of thioether (sulfide) groups is 1. The minimum Gasteiger partial charge on any atom is -0.319 e. The third kappa shape index (κ3) is 4.49. The van der Waals surface area contributed by atoms with Crippen LogP contribution in [0.4, 0.5) is 10.2 Å². The van der Waals surface area contributed by atoms with Crippen LogP contribution in [0.15, 0.2) is 72.1 Å². The number of fused-ring (bicyclic) bond motifs is 1. The highest BCUT2D eigenvalue weighted by molar-refractivity contribution is 7.98. The van der Waals surface area contributed by atoms with Crippen LogP contribution in [0, 0.1) is 5.82 Å². The summed E-state index contributed by atoms with van der Waals surface area (Å²) >= 11 is 1.48. The van der Waals surface area contributed by atoms with Gasteiger partial charge in [-0.3, -0.25) is 4.79 Å². The third-order valence-electron chi connectivity index (χ3n) is 4.61. The van der Waals surface area contributed by atoms with E-state index < -0.39 is 6.04 Å². The number of rotatable bonds is 7. The Hall–Kier alpha value is -3.26. The summed E-state index contributed by atoms with van der Waals surface area (Å²) in [6.07, 6.45) is 4.07. The summed E-state index contributed by atoms with van der Waals surface area (Å²) in [5, 5.41) is 3.48. The molecule has 152 valence electrons. The van der Waals surface area contributed by atoms with Crippen molar-refractivity contribution in [2.45, 2.75) is 30.3 Å². The van der Waals surface area contributed by atoms with Crippen molar-refractivity contribution in [3.63, 3.8) is 0 Å². The number of hydrogen-bond acceptors (Lipinski definition) is 5. The number of nitrogens with one attached hydrogen (secondary N) is 1. The van der Waals surface area contributed by atoms with Gasteiger partial charge in [-0.25, -0.2) is 19.3 Å². The van der Waals surface area contributed by atoms with Crippen LogP contribution < -0.4 is 5.32 Å². The van der Waals surface area contributed by atoms with Crippen molar-refractivity contribution in [1.82, 2.24) is 19.5 Å². The zero-order valence-electron chi connectivity index (χ0n) is 16.3. The number of amides is 1. The molecule has 0 radical (unpaired) electrons. The van der Waals surface area contributed by atoms with Crippen LogP contribution in [-0.2, 0) is 10.5 Å². The van der Waals surface area contributed by atoms with E-state index in [2.05, 4.69) is 20.3 Å². The molecule has 2 aliphatic heterocycles. The topological polar surface area (TPSA) is 72.7 Å². The first-order chi connectivity index (χ1) is 14.6. The molecule has 2 aromatic rings. The molecule has 0 fully saturated rings. The summed E-state index contributed by atoms with van der Waals surface area (Å²) in [6, 6.07) is 15.1. The summed E-state index contributed by atoms with van der Waals surface area (Å²) in [5.74, 6) is 1.39. The Morgan fingerprint density at radius 1 is 1.13 bits per heavy atom. The monoisotopic (exact) mass is 421 g/mol. The second kappa shape index (κ2) is 9.04. The van der Waals surface area contributed by atoms with Crippen LogP contribution >= 0.6 is 11.8 Å². The number of benzene rings is 1. The molecule has 0 aliphatic carbocycles. The molecule has 3 heterocycles. The van der Waals surface area contributed by atoms with Crippen molar-refractivity contribution in [2.75, 3.05) is 5.32 Å². The van der Waals surface area contributed by atoms with E-state index in [4.69, 9.17) is 0 Å². The number of aromatic nitrogens is 4. The van der Waals surface area contributed by atoms with E-state index in [0.717, 1.165) is 11.3 Å². The normalized spacial score (nSPS) is 12.1. The fourth-order valence-electron chi connectivity index (χ4n) is 3.12. The Morgan fingerprint density at radius 3 is 2.70 bits per heavy atom. The van der Waals surface area contributed by atoms with Gasteiger partial charge in [0.1, 0.15) is 23.4 Å². The number of anilines is 1. The second-order valence-corrected chi connectivity index (χ2v) is 7.62. The van der Waals surface area contributed by atoms with E-state index >= 15 is 0 Å². The average molecular weight is 422 g/mol. The van der Waals surface area contributed by atoms with Crippen molar-refractivity contribution in [3.8, 4) is 11.5 Å². The molecule has 30 heavy (non-hydrogen) atoms. The summed E-state index contributed by atoms with van der Waals surface area (Å²) < 4.78 is 14.9. The number of carbonyl (C=O) groups excluding carboxylic acids is 1. The van der Waals surface area contributed by atoms with Gasteiger partial charge in [0, 0.05) is 18.1 Å². The first kappa shape index (κ1) is 20.0. The predicted molar refractivity (Wildman–Crippen MR) is 115 cm³/mol. The molecular formula is C22H20FN5OS. The maximum absolute atomic E-state index is 13.1. The molecule has 8 heteroatoms. The third-order valence-corrected chi connectivity index (χ3v) is 5.53. The number of imidazole rings is 1. The largest absolute Gasteiger partial charge is 0.319 e. The van der Waals surface area contributed by atoms with Crippen LogP contribution in [0.5, 0.6) is 0 Å². The van der Waals surface area contributed by atoms with Crippen LogP contribution in [0.2, 0.25) is 0 Å². The predicted octanol–water partition coefficient (Wildman–Crippen LogP) is 4.80. The molecule has 1 atom stereocenters. The summed E-state index contributed by atoms with van der Waals surface area (Å²) in [5.41, 5.74) is 1.72. The Balaban J connectivity index is 1.54. The molecule has 1 N–H and O–H groups in total. The summed E-state index contributed by atoms with van der Waals surface area (Å²) in [4.78, 5) is 26.3. The first-order valence-corrected chi connectivity index (χ1v) is 10.6. The van der Waals surface area contributed by atoms with Gasteiger partial charge in [-0.15, -0.1) is 0 Å². The van der Waals surface area contributed by atoms with Gasteiger partial charge in [-0.2, -0.15) is 0 Å². The van der Waals surface area contributed by atoms with Crippen LogP contribution in [0.3, 0.4) is 0 Å². The van der Waals surface area contributed by atoms with Crippen LogP contribution in [0.1, 0.15) is 24.9 Å². The fourth-order valence-corrected chi connectivity index (χ4v) is 3.93. The molecule has 0 spiro atoms. The van der Waals surface area contributed by atoms with Crippen LogP contribution in [0.25, 0.3) is 11.5 Å². The lowest BCUT2D eigenvalue weighted by molar-refractivity contribution is -0.119. The lowest BCUT2D eigenvalue weighted by Crippen LogP contribution is -2.27. The highest BCUT2D eigenvalue weighted by atomic mass is 32.2. The number of hydrogen-bond donors (Lipinski definition) is 1. The summed E-state index contributed by atoms with van der Waals surface area (Å²) in [7, 11) is 0. The van der Waals surface area contributed by atoms with Gasteiger partial charge < -0.3 is 9.88 Å². The van der Waals surface area contributed by atoms with E-state index in [-0.39, 0.29) is 11.7 Å². The molecule has 6 nitrogen and oxygen atoms in total. The van der Waals surface area contributed by atoms with Crippen molar-refractivity contribution < 1.29 is 9.18 Å². The quantitative estimate of drug-likeness (QED) is 0.434. The van der Waals surface area contributed by atoms with E-state index in [1.807, 2.05) is 35.9 Å². The molecule has 0 bridgehead atoms.